The summed E-state index contributed by atoms with van der Waals surface area (Å²) in [4.78, 5) is 40.3. The average Bonchev–Trinajstić information content (AvgIpc) is 3.49. The van der Waals surface area contributed by atoms with E-state index in [-0.39, 0.29) is 17.8 Å². The molecule has 0 spiro atoms. The summed E-state index contributed by atoms with van der Waals surface area (Å²) < 4.78 is 4.77. The molecule has 8 nitrogen and oxygen atoms in total. The van der Waals surface area contributed by atoms with E-state index >= 15 is 0 Å². The first kappa shape index (κ1) is 34.0. The van der Waals surface area contributed by atoms with Gasteiger partial charge in [0.25, 0.3) is 11.8 Å². The maximum absolute atomic E-state index is 13.8. The summed E-state index contributed by atoms with van der Waals surface area (Å²) >= 11 is 1.45. The highest BCUT2D eigenvalue weighted by Crippen LogP contribution is 2.40. The van der Waals surface area contributed by atoms with E-state index in [1.807, 2.05) is 54.6 Å². The first-order valence-electron chi connectivity index (χ1n) is 16.3. The fourth-order valence-corrected chi connectivity index (χ4v) is 6.98. The Bertz CT molecular complexity index is 1710. The number of fused-ring (bicyclic) bond motifs is 1. The number of aryl methyl sites for hydroxylation is 3. The predicted octanol–water partition coefficient (Wildman–Crippen LogP) is 7.11. The molecule has 0 saturated heterocycles. The van der Waals surface area contributed by atoms with E-state index in [1.54, 1.807) is 18.2 Å². The van der Waals surface area contributed by atoms with E-state index in [9.17, 15) is 14.4 Å². The molecule has 246 valence electrons. The van der Waals surface area contributed by atoms with Gasteiger partial charge in [-0.2, -0.15) is 0 Å². The lowest BCUT2D eigenvalue weighted by molar-refractivity contribution is 0.0600. The molecule has 0 bridgehead atoms. The highest BCUT2D eigenvalue weighted by atomic mass is 32.1. The average molecular weight is 653 g/mol. The summed E-state index contributed by atoms with van der Waals surface area (Å²) in [6, 6.07) is 23.1. The number of esters is 1. The van der Waals surface area contributed by atoms with Gasteiger partial charge in [0.2, 0.25) is 0 Å². The number of rotatable bonds is 12. The fourth-order valence-electron chi connectivity index (χ4n) is 5.68. The van der Waals surface area contributed by atoms with E-state index in [4.69, 9.17) is 10.6 Å². The molecule has 0 aliphatic heterocycles. The number of nitrogens with two attached hydrogens (primary N) is 1. The van der Waals surface area contributed by atoms with E-state index < -0.39 is 0 Å². The van der Waals surface area contributed by atoms with Gasteiger partial charge in [0, 0.05) is 28.7 Å². The quantitative estimate of drug-likeness (QED) is 0.0651. The van der Waals surface area contributed by atoms with Crippen LogP contribution in [0.2, 0.25) is 0 Å². The van der Waals surface area contributed by atoms with Crippen LogP contribution in [0.25, 0.3) is 0 Å². The number of ether oxygens (including phenoxy) is 1. The van der Waals surface area contributed by atoms with Crippen molar-refractivity contribution in [2.24, 2.45) is 11.8 Å². The smallest absolute Gasteiger partial charge is 0.337 e. The van der Waals surface area contributed by atoms with Crippen molar-refractivity contribution in [1.82, 2.24) is 5.32 Å². The number of hydrogen-bond donors (Lipinski definition) is 3. The van der Waals surface area contributed by atoms with E-state index in [1.165, 1.54) is 18.4 Å². The van der Waals surface area contributed by atoms with Gasteiger partial charge in [0.15, 0.2) is 0 Å². The van der Waals surface area contributed by atoms with Gasteiger partial charge in [0.05, 0.1) is 18.2 Å². The largest absolute Gasteiger partial charge is 0.465 e. The lowest BCUT2D eigenvalue weighted by Crippen LogP contribution is -2.38. The lowest BCUT2D eigenvalue weighted by atomic mass is 9.95. The standard InChI is InChI=1S/C38H44N4O4S/c1-24(2)25(3)40-23-28-8-7-9-30(22-28)36(44)42(39)37-34(32-10-5-6-11-33(32)47-37)35(43)41-31-20-16-27(17-21-31)13-12-26-14-18-29(19-15-26)38(45)46-4/h7-9,14-22,24-25,40H,5-6,10-13,23,39H2,1-4H3,(H,41,43). The Hall–Kier alpha value is -4.31. The van der Waals surface area contributed by atoms with Gasteiger partial charge in [-0.25, -0.2) is 15.6 Å². The maximum atomic E-state index is 13.8. The van der Waals surface area contributed by atoms with Crippen LogP contribution in [0.4, 0.5) is 10.7 Å². The molecule has 0 saturated carbocycles. The van der Waals surface area contributed by atoms with Crippen LogP contribution in [0.5, 0.6) is 0 Å². The Morgan fingerprint density at radius 3 is 2.19 bits per heavy atom. The van der Waals surface area contributed by atoms with Gasteiger partial charge in [-0.3, -0.25) is 9.59 Å². The molecular weight excluding hydrogens is 609 g/mol. The number of anilines is 2. The van der Waals surface area contributed by atoms with Crippen molar-refractivity contribution >= 4 is 39.8 Å². The molecule has 0 radical (unpaired) electrons. The molecule has 1 atom stereocenters. The molecule has 5 rings (SSSR count). The van der Waals surface area contributed by atoms with Gasteiger partial charge in [-0.05, 0) is 110 Å². The van der Waals surface area contributed by atoms with Crippen LogP contribution < -0.4 is 21.5 Å². The molecular formula is C38H44N4O4S. The van der Waals surface area contributed by atoms with Crippen molar-refractivity contribution in [3.05, 3.63) is 117 Å². The van der Waals surface area contributed by atoms with Crippen molar-refractivity contribution in [3.63, 3.8) is 0 Å². The third-order valence-electron chi connectivity index (χ3n) is 8.91. The zero-order valence-electron chi connectivity index (χ0n) is 27.6. The first-order valence-corrected chi connectivity index (χ1v) is 17.1. The molecule has 1 unspecified atom stereocenters. The second kappa shape index (κ2) is 15.5. The van der Waals surface area contributed by atoms with Crippen molar-refractivity contribution in [2.75, 3.05) is 17.4 Å². The van der Waals surface area contributed by atoms with Gasteiger partial charge >= 0.3 is 5.97 Å². The number of hydrogen-bond acceptors (Lipinski definition) is 7. The molecule has 1 aromatic heterocycles. The van der Waals surface area contributed by atoms with Crippen molar-refractivity contribution in [3.8, 4) is 0 Å². The number of nitrogens with one attached hydrogen (secondary N) is 2. The SMILES string of the molecule is COC(=O)c1ccc(CCc2ccc(NC(=O)c3c(N(N)C(=O)c4cccc(CNC(C)C(C)C)c4)sc4c3CCCC4)cc2)cc1. The minimum absolute atomic E-state index is 0.262. The van der Waals surface area contributed by atoms with Gasteiger partial charge in [-0.15, -0.1) is 11.3 Å². The van der Waals surface area contributed by atoms with Crippen molar-refractivity contribution in [1.29, 1.82) is 0 Å². The third-order valence-corrected chi connectivity index (χ3v) is 10.2. The fraction of sp³-hybridized carbons (Fsp3) is 0.342. The van der Waals surface area contributed by atoms with Crippen LogP contribution in [0, 0.1) is 5.92 Å². The summed E-state index contributed by atoms with van der Waals surface area (Å²) in [5, 5.41) is 8.20. The number of carbonyl (C=O) groups is 3. The van der Waals surface area contributed by atoms with Gasteiger partial charge < -0.3 is 15.4 Å². The number of thiophene rings is 1. The number of methoxy groups -OCH3 is 1. The van der Waals surface area contributed by atoms with E-state index in [0.29, 0.717) is 45.9 Å². The second-order valence-corrected chi connectivity index (χ2v) is 13.6. The van der Waals surface area contributed by atoms with Crippen LogP contribution in [-0.4, -0.2) is 30.9 Å². The monoisotopic (exact) mass is 652 g/mol. The Balaban J connectivity index is 1.28. The predicted molar refractivity (Wildman–Crippen MR) is 189 cm³/mol. The first-order chi connectivity index (χ1) is 22.6. The normalized spacial score (nSPS) is 13.1. The molecule has 47 heavy (non-hydrogen) atoms. The third kappa shape index (κ3) is 8.35. The number of amides is 2. The molecule has 1 aliphatic carbocycles. The zero-order valence-corrected chi connectivity index (χ0v) is 28.4. The Morgan fingerprint density at radius 1 is 0.872 bits per heavy atom. The summed E-state index contributed by atoms with van der Waals surface area (Å²) in [5.41, 5.74) is 6.42. The minimum atomic E-state index is -0.347. The van der Waals surface area contributed by atoms with Crippen molar-refractivity contribution < 1.29 is 19.1 Å². The van der Waals surface area contributed by atoms with Crippen LogP contribution >= 0.6 is 11.3 Å². The van der Waals surface area contributed by atoms with E-state index in [2.05, 4.69) is 31.4 Å². The van der Waals surface area contributed by atoms with Crippen molar-refractivity contribution in [2.45, 2.75) is 71.9 Å². The van der Waals surface area contributed by atoms with Crippen LogP contribution in [-0.2, 0) is 37.0 Å². The molecule has 3 aromatic carbocycles. The minimum Gasteiger partial charge on any atom is -0.465 e. The molecule has 1 aliphatic rings. The number of nitrogens with zero attached hydrogens (tertiary/aromatic N) is 1. The number of carbonyl (C=O) groups excluding carboxylic acids is 3. The molecule has 9 heteroatoms. The highest BCUT2D eigenvalue weighted by Gasteiger charge is 2.30. The topological polar surface area (TPSA) is 114 Å². The Labute approximate surface area is 281 Å². The summed E-state index contributed by atoms with van der Waals surface area (Å²) in [7, 11) is 1.37. The van der Waals surface area contributed by atoms with E-state index in [0.717, 1.165) is 70.7 Å². The molecule has 2 amide bonds. The Kier molecular flexibility index (Phi) is 11.2. The molecule has 0 fully saturated rings. The van der Waals surface area contributed by atoms with Crippen LogP contribution in [0.3, 0.4) is 0 Å². The van der Waals surface area contributed by atoms with Gasteiger partial charge in [0.1, 0.15) is 5.00 Å². The number of benzene rings is 3. The van der Waals surface area contributed by atoms with Crippen LogP contribution in [0.1, 0.15) is 91.8 Å². The second-order valence-electron chi connectivity index (χ2n) is 12.5. The lowest BCUT2D eigenvalue weighted by Gasteiger charge is -2.19. The molecule has 4 aromatic rings. The maximum Gasteiger partial charge on any atom is 0.337 e. The Morgan fingerprint density at radius 2 is 1.53 bits per heavy atom. The van der Waals surface area contributed by atoms with Gasteiger partial charge in [-0.1, -0.05) is 50.2 Å². The molecule has 4 N–H and O–H groups in total. The number of hydrazine groups is 1. The summed E-state index contributed by atoms with van der Waals surface area (Å²) in [6.45, 7) is 7.14. The highest BCUT2D eigenvalue weighted by molar-refractivity contribution is 7.17. The zero-order chi connectivity index (χ0) is 33.5. The molecule has 1 heterocycles. The van der Waals surface area contributed by atoms with Crippen LogP contribution in [0.15, 0.2) is 72.8 Å². The summed E-state index contributed by atoms with van der Waals surface area (Å²) in [5.74, 6) is 6.07. The summed E-state index contributed by atoms with van der Waals surface area (Å²) in [6.07, 6.45) is 5.32.